The fourth-order valence-electron chi connectivity index (χ4n) is 3.30. The molecule has 4 rings (SSSR count). The fourth-order valence-corrected chi connectivity index (χ4v) is 3.50. The van der Waals surface area contributed by atoms with Crippen LogP contribution in [0.2, 0.25) is 5.15 Å². The second-order valence-corrected chi connectivity index (χ2v) is 7.94. The maximum atomic E-state index is 12.7. The zero-order chi connectivity index (χ0) is 24.8. The van der Waals surface area contributed by atoms with Crippen LogP contribution in [0.5, 0.6) is 0 Å². The smallest absolute Gasteiger partial charge is 0.322 e. The van der Waals surface area contributed by atoms with Crippen molar-refractivity contribution in [1.82, 2.24) is 10.4 Å². The number of aromatic nitrogens is 1. The monoisotopic (exact) mass is 485 g/mol. The van der Waals surface area contributed by atoms with E-state index in [1.54, 1.807) is 30.3 Å². The minimum absolute atomic E-state index is 0.184. The highest BCUT2D eigenvalue weighted by molar-refractivity contribution is 6.40. The van der Waals surface area contributed by atoms with Gasteiger partial charge in [0.1, 0.15) is 5.15 Å². The standard InChI is InChI=1S/C26H20ClN5O3/c1-16-7-6-9-19(13-16)29-24(33)20-10-3-5-12-22(20)31-25(34)26(35)32-28-15-18-14-17-8-2-4-11-21(17)30-23(18)27/h2-15H,1H3,(H,29,33)(H,31,34)(H,32,35)/b28-15+. The molecule has 0 unspecified atom stereocenters. The Kier molecular flexibility index (Phi) is 7.13. The summed E-state index contributed by atoms with van der Waals surface area (Å²) in [5.41, 5.74) is 5.34. The molecule has 3 N–H and O–H groups in total. The molecule has 174 valence electrons. The summed E-state index contributed by atoms with van der Waals surface area (Å²) in [6.07, 6.45) is 1.30. The number of halogens is 1. The number of fused-ring (bicyclic) bond motifs is 1. The molecule has 0 bridgehead atoms. The van der Waals surface area contributed by atoms with Crippen LogP contribution in [0, 0.1) is 6.92 Å². The summed E-state index contributed by atoms with van der Waals surface area (Å²) in [5, 5.41) is 10.1. The van der Waals surface area contributed by atoms with E-state index >= 15 is 0 Å². The lowest BCUT2D eigenvalue weighted by atomic mass is 10.1. The zero-order valence-electron chi connectivity index (χ0n) is 18.6. The summed E-state index contributed by atoms with van der Waals surface area (Å²) in [6.45, 7) is 1.91. The van der Waals surface area contributed by atoms with Gasteiger partial charge in [0.15, 0.2) is 0 Å². The van der Waals surface area contributed by atoms with Crippen LogP contribution in [0.25, 0.3) is 10.9 Å². The molecule has 8 nitrogen and oxygen atoms in total. The molecule has 0 fully saturated rings. The van der Waals surface area contributed by atoms with Crippen LogP contribution < -0.4 is 16.1 Å². The Bertz CT molecular complexity index is 1470. The Labute approximate surface area is 206 Å². The number of anilines is 2. The number of hydrogen-bond donors (Lipinski definition) is 3. The van der Waals surface area contributed by atoms with Crippen LogP contribution in [0.4, 0.5) is 11.4 Å². The van der Waals surface area contributed by atoms with Crippen molar-refractivity contribution in [1.29, 1.82) is 0 Å². The second kappa shape index (κ2) is 10.6. The van der Waals surface area contributed by atoms with E-state index in [0.717, 1.165) is 16.5 Å². The van der Waals surface area contributed by atoms with Crippen molar-refractivity contribution in [2.75, 3.05) is 10.6 Å². The number of amides is 3. The normalized spacial score (nSPS) is 10.8. The number of pyridine rings is 1. The van der Waals surface area contributed by atoms with Crippen LogP contribution in [0.15, 0.2) is 84.0 Å². The molecule has 4 aromatic rings. The number of para-hydroxylation sites is 2. The van der Waals surface area contributed by atoms with Gasteiger partial charge in [-0.15, -0.1) is 0 Å². The van der Waals surface area contributed by atoms with E-state index in [0.29, 0.717) is 11.3 Å². The number of nitrogens with one attached hydrogen (secondary N) is 3. The molecule has 0 spiro atoms. The van der Waals surface area contributed by atoms with Gasteiger partial charge in [0, 0.05) is 16.6 Å². The second-order valence-electron chi connectivity index (χ2n) is 7.58. The first kappa shape index (κ1) is 23.6. The van der Waals surface area contributed by atoms with Gasteiger partial charge in [-0.05, 0) is 48.9 Å². The van der Waals surface area contributed by atoms with E-state index in [9.17, 15) is 14.4 Å². The Hall–Kier alpha value is -4.56. The highest BCUT2D eigenvalue weighted by atomic mass is 35.5. The van der Waals surface area contributed by atoms with Gasteiger partial charge in [0.2, 0.25) is 0 Å². The van der Waals surface area contributed by atoms with Crippen molar-refractivity contribution in [3.05, 3.63) is 101 Å². The summed E-state index contributed by atoms with van der Waals surface area (Å²) < 4.78 is 0. The molecule has 0 aliphatic carbocycles. The van der Waals surface area contributed by atoms with Crippen LogP contribution >= 0.6 is 11.6 Å². The highest BCUT2D eigenvalue weighted by Crippen LogP contribution is 2.20. The molecule has 0 radical (unpaired) electrons. The van der Waals surface area contributed by atoms with E-state index < -0.39 is 17.7 Å². The average Bonchev–Trinajstić information content (AvgIpc) is 2.84. The third-order valence-corrected chi connectivity index (χ3v) is 5.28. The van der Waals surface area contributed by atoms with Gasteiger partial charge in [-0.1, -0.05) is 54.1 Å². The zero-order valence-corrected chi connectivity index (χ0v) is 19.3. The maximum absolute atomic E-state index is 12.7. The van der Waals surface area contributed by atoms with Crippen LogP contribution in [0.3, 0.4) is 0 Å². The third-order valence-electron chi connectivity index (χ3n) is 4.98. The number of benzene rings is 3. The molecule has 0 saturated carbocycles. The summed E-state index contributed by atoms with van der Waals surface area (Å²) in [6, 6.07) is 22.9. The number of nitrogens with zero attached hydrogens (tertiary/aromatic N) is 2. The predicted octanol–water partition coefficient (Wildman–Crippen LogP) is 4.54. The fraction of sp³-hybridized carbons (Fsp3) is 0.0385. The van der Waals surface area contributed by atoms with Crippen molar-refractivity contribution in [2.45, 2.75) is 6.92 Å². The molecule has 3 aromatic carbocycles. The predicted molar refractivity (Wildman–Crippen MR) is 137 cm³/mol. The Morgan fingerprint density at radius 1 is 0.886 bits per heavy atom. The lowest BCUT2D eigenvalue weighted by molar-refractivity contribution is -0.136. The van der Waals surface area contributed by atoms with E-state index in [-0.39, 0.29) is 16.4 Å². The lowest BCUT2D eigenvalue weighted by Crippen LogP contribution is -2.33. The molecule has 0 aliphatic heterocycles. The third kappa shape index (κ3) is 5.87. The number of rotatable bonds is 5. The van der Waals surface area contributed by atoms with Crippen LogP contribution in [0.1, 0.15) is 21.5 Å². The first-order valence-corrected chi connectivity index (χ1v) is 11.0. The SMILES string of the molecule is Cc1cccc(NC(=O)c2ccccc2NC(=O)C(=O)N/N=C/c2cc3ccccc3nc2Cl)c1. The van der Waals surface area contributed by atoms with E-state index in [1.165, 1.54) is 12.3 Å². The molecule has 1 aromatic heterocycles. The minimum Gasteiger partial charge on any atom is -0.322 e. The summed E-state index contributed by atoms with van der Waals surface area (Å²) in [7, 11) is 0. The number of hydrogen-bond acceptors (Lipinski definition) is 5. The van der Waals surface area contributed by atoms with Crippen molar-refractivity contribution >= 4 is 57.8 Å². The highest BCUT2D eigenvalue weighted by Gasteiger charge is 2.18. The average molecular weight is 486 g/mol. The first-order valence-electron chi connectivity index (χ1n) is 10.6. The van der Waals surface area contributed by atoms with Gasteiger partial charge in [0.25, 0.3) is 5.91 Å². The van der Waals surface area contributed by atoms with Crippen molar-refractivity contribution < 1.29 is 14.4 Å². The first-order chi connectivity index (χ1) is 16.9. The van der Waals surface area contributed by atoms with Gasteiger partial charge in [-0.2, -0.15) is 5.10 Å². The van der Waals surface area contributed by atoms with Crippen LogP contribution in [-0.4, -0.2) is 28.9 Å². The molecule has 35 heavy (non-hydrogen) atoms. The quantitative estimate of drug-likeness (QED) is 0.167. The Balaban J connectivity index is 1.41. The van der Waals surface area contributed by atoms with Gasteiger partial charge in [-0.25, -0.2) is 10.4 Å². The van der Waals surface area contributed by atoms with Gasteiger partial charge >= 0.3 is 11.8 Å². The molecule has 0 aliphatic rings. The topological polar surface area (TPSA) is 113 Å². The van der Waals surface area contributed by atoms with Crippen LogP contribution in [-0.2, 0) is 9.59 Å². The Morgan fingerprint density at radius 2 is 1.66 bits per heavy atom. The summed E-state index contributed by atoms with van der Waals surface area (Å²) in [4.78, 5) is 41.7. The van der Waals surface area contributed by atoms with Gasteiger partial charge in [-0.3, -0.25) is 14.4 Å². The molecule has 0 saturated heterocycles. The molecular formula is C26H20ClN5O3. The van der Waals surface area contributed by atoms with E-state index in [1.807, 2.05) is 49.4 Å². The van der Waals surface area contributed by atoms with E-state index in [2.05, 4.69) is 26.1 Å². The van der Waals surface area contributed by atoms with Crippen molar-refractivity contribution in [3.8, 4) is 0 Å². The molecule has 3 amide bonds. The molecular weight excluding hydrogens is 466 g/mol. The molecule has 1 heterocycles. The number of carbonyl (C=O) groups excluding carboxylic acids is 3. The molecule has 0 atom stereocenters. The van der Waals surface area contributed by atoms with Gasteiger partial charge < -0.3 is 10.6 Å². The minimum atomic E-state index is -1.01. The number of carbonyl (C=O) groups is 3. The lowest BCUT2D eigenvalue weighted by Gasteiger charge is -2.11. The number of aryl methyl sites for hydroxylation is 1. The van der Waals surface area contributed by atoms with Crippen molar-refractivity contribution in [3.63, 3.8) is 0 Å². The van der Waals surface area contributed by atoms with Gasteiger partial charge in [0.05, 0.1) is 23.0 Å². The molecule has 9 heteroatoms. The largest absolute Gasteiger partial charge is 0.329 e. The number of hydrazone groups is 1. The summed E-state index contributed by atoms with van der Waals surface area (Å²) >= 11 is 6.17. The summed E-state index contributed by atoms with van der Waals surface area (Å²) in [5.74, 6) is -2.43. The Morgan fingerprint density at radius 3 is 2.49 bits per heavy atom. The maximum Gasteiger partial charge on any atom is 0.329 e. The van der Waals surface area contributed by atoms with Crippen molar-refractivity contribution in [2.24, 2.45) is 5.10 Å². The van der Waals surface area contributed by atoms with E-state index in [4.69, 9.17) is 11.6 Å².